The van der Waals surface area contributed by atoms with Crippen molar-refractivity contribution in [1.82, 2.24) is 0 Å². The Morgan fingerprint density at radius 3 is 2.48 bits per heavy atom. The first-order valence-corrected chi connectivity index (χ1v) is 9.16. The first-order chi connectivity index (χ1) is 12.2. The lowest BCUT2D eigenvalue weighted by Crippen LogP contribution is -2.29. The van der Waals surface area contributed by atoms with Crippen molar-refractivity contribution in [3.05, 3.63) is 65.7 Å². The average molecular weight is 360 g/mol. The number of hydrogen-bond acceptors (Lipinski definition) is 5. The van der Waals surface area contributed by atoms with Crippen molar-refractivity contribution in [1.29, 1.82) is 0 Å². The van der Waals surface area contributed by atoms with Gasteiger partial charge in [-0.05, 0) is 43.9 Å². The van der Waals surface area contributed by atoms with E-state index in [1.54, 1.807) is 0 Å². The van der Waals surface area contributed by atoms with Crippen LogP contribution in [0.3, 0.4) is 0 Å². The zero-order valence-corrected chi connectivity index (χ0v) is 15.2. The number of carbonyl (C=O) groups excluding carboxylic acids is 1. The molecule has 2 aromatic carbocycles. The standard InChI is InChI=1S/C13H16O3.C7H8OS/c14-13(12-8-4-5-9-15-12)16-10-11-6-2-1-3-7-11;1-6-2-4-7(9-8)5-3-6/h1-3,6-7,12H,4-5,8-10H2;2-5,8H,1H3. The lowest BCUT2D eigenvalue weighted by molar-refractivity contribution is -0.161. The van der Waals surface area contributed by atoms with E-state index in [9.17, 15) is 4.79 Å². The van der Waals surface area contributed by atoms with Gasteiger partial charge in [-0.1, -0.05) is 48.0 Å². The van der Waals surface area contributed by atoms with Crippen LogP contribution in [0.5, 0.6) is 0 Å². The van der Waals surface area contributed by atoms with Gasteiger partial charge in [0.15, 0.2) is 6.10 Å². The molecule has 1 saturated heterocycles. The summed E-state index contributed by atoms with van der Waals surface area (Å²) in [5, 5.41) is 0. The van der Waals surface area contributed by atoms with Gasteiger partial charge in [0.2, 0.25) is 0 Å². The third kappa shape index (κ3) is 7.30. The predicted molar refractivity (Wildman–Crippen MR) is 99.5 cm³/mol. The predicted octanol–water partition coefficient (Wildman–Crippen LogP) is 4.86. The number of carbonyl (C=O) groups is 1. The van der Waals surface area contributed by atoms with Crippen molar-refractivity contribution in [2.75, 3.05) is 6.61 Å². The molecular weight excluding hydrogens is 336 g/mol. The Morgan fingerprint density at radius 2 is 1.88 bits per heavy atom. The van der Waals surface area contributed by atoms with Gasteiger partial charge in [0, 0.05) is 23.5 Å². The molecule has 0 saturated carbocycles. The van der Waals surface area contributed by atoms with Crippen molar-refractivity contribution in [2.24, 2.45) is 0 Å². The molecular formula is C20H24O4S. The molecule has 1 heterocycles. The molecule has 0 spiro atoms. The van der Waals surface area contributed by atoms with Crippen LogP contribution in [-0.4, -0.2) is 23.2 Å². The van der Waals surface area contributed by atoms with E-state index in [0.29, 0.717) is 13.2 Å². The molecule has 0 bridgehead atoms. The normalized spacial score (nSPS) is 16.5. The lowest BCUT2D eigenvalue weighted by Gasteiger charge is -2.20. The highest BCUT2D eigenvalue weighted by Crippen LogP contribution is 2.15. The van der Waals surface area contributed by atoms with Crippen LogP contribution in [0.2, 0.25) is 0 Å². The summed E-state index contributed by atoms with van der Waals surface area (Å²) in [6, 6.07) is 17.4. The van der Waals surface area contributed by atoms with Crippen molar-refractivity contribution in [3.63, 3.8) is 0 Å². The SMILES string of the molecule is Cc1ccc(SO)cc1.O=C(OCc1ccccc1)C1CCCCO1. The lowest BCUT2D eigenvalue weighted by atomic mass is 10.1. The van der Waals surface area contributed by atoms with Gasteiger partial charge in [-0.3, -0.25) is 0 Å². The molecule has 4 nitrogen and oxygen atoms in total. The minimum Gasteiger partial charge on any atom is -0.459 e. The summed E-state index contributed by atoms with van der Waals surface area (Å²) >= 11 is 0.777. The molecule has 1 fully saturated rings. The number of benzene rings is 2. The Balaban J connectivity index is 0.000000212. The summed E-state index contributed by atoms with van der Waals surface area (Å²) in [6.07, 6.45) is 2.53. The van der Waals surface area contributed by atoms with Gasteiger partial charge in [-0.2, -0.15) is 0 Å². The smallest absolute Gasteiger partial charge is 0.335 e. The summed E-state index contributed by atoms with van der Waals surface area (Å²) < 4.78 is 19.1. The number of rotatable bonds is 4. The minimum absolute atomic E-state index is 0.233. The van der Waals surface area contributed by atoms with E-state index in [4.69, 9.17) is 14.0 Å². The topological polar surface area (TPSA) is 55.8 Å². The maximum Gasteiger partial charge on any atom is 0.335 e. The van der Waals surface area contributed by atoms with E-state index in [-0.39, 0.29) is 12.1 Å². The fourth-order valence-corrected chi connectivity index (χ4v) is 2.61. The molecule has 1 atom stereocenters. The molecule has 25 heavy (non-hydrogen) atoms. The second-order valence-corrected chi connectivity index (χ2v) is 6.51. The summed E-state index contributed by atoms with van der Waals surface area (Å²) in [7, 11) is 0. The first-order valence-electron chi connectivity index (χ1n) is 8.39. The maximum atomic E-state index is 11.6. The molecule has 1 unspecified atom stereocenters. The summed E-state index contributed by atoms with van der Waals surface area (Å²) in [6.45, 7) is 3.02. The molecule has 2 aromatic rings. The number of aryl methyl sites for hydroxylation is 1. The number of hydrogen-bond donors (Lipinski definition) is 1. The van der Waals surface area contributed by atoms with Crippen LogP contribution >= 0.6 is 12.0 Å². The molecule has 1 aliphatic heterocycles. The van der Waals surface area contributed by atoms with Crippen molar-refractivity contribution in [2.45, 2.75) is 43.8 Å². The molecule has 0 aliphatic carbocycles. The van der Waals surface area contributed by atoms with Gasteiger partial charge >= 0.3 is 5.97 Å². The van der Waals surface area contributed by atoms with Crippen molar-refractivity contribution in [3.8, 4) is 0 Å². The van der Waals surface area contributed by atoms with Crippen LogP contribution < -0.4 is 0 Å². The Hall–Kier alpha value is -1.82. The van der Waals surface area contributed by atoms with Gasteiger partial charge in [0.1, 0.15) is 6.61 Å². The molecule has 0 amide bonds. The second kappa shape index (κ2) is 10.9. The van der Waals surface area contributed by atoms with Gasteiger partial charge in [0.25, 0.3) is 0 Å². The number of ether oxygens (including phenoxy) is 2. The van der Waals surface area contributed by atoms with Crippen LogP contribution in [0, 0.1) is 6.92 Å². The van der Waals surface area contributed by atoms with Crippen LogP contribution in [0.4, 0.5) is 0 Å². The van der Waals surface area contributed by atoms with Crippen LogP contribution in [0.25, 0.3) is 0 Å². The van der Waals surface area contributed by atoms with Crippen molar-refractivity contribution < 1.29 is 18.8 Å². The molecule has 0 radical (unpaired) electrons. The van der Waals surface area contributed by atoms with Crippen LogP contribution in [-0.2, 0) is 20.9 Å². The Morgan fingerprint density at radius 1 is 1.16 bits per heavy atom. The quantitative estimate of drug-likeness (QED) is 0.623. The molecule has 134 valence electrons. The van der Waals surface area contributed by atoms with Gasteiger partial charge in [0.05, 0.1) is 0 Å². The highest BCUT2D eigenvalue weighted by atomic mass is 32.2. The minimum atomic E-state index is -0.350. The highest BCUT2D eigenvalue weighted by molar-refractivity contribution is 7.93. The van der Waals surface area contributed by atoms with Gasteiger partial charge in [-0.25, -0.2) is 4.79 Å². The number of esters is 1. The largest absolute Gasteiger partial charge is 0.459 e. The Bertz CT molecular complexity index is 622. The monoisotopic (exact) mass is 360 g/mol. The van der Waals surface area contributed by atoms with Crippen molar-refractivity contribution >= 4 is 18.0 Å². The van der Waals surface area contributed by atoms with Gasteiger partial charge in [-0.15, -0.1) is 0 Å². The van der Waals surface area contributed by atoms with E-state index in [1.807, 2.05) is 61.5 Å². The third-order valence-electron chi connectivity index (χ3n) is 3.79. The molecule has 0 aromatic heterocycles. The summed E-state index contributed by atoms with van der Waals surface area (Å²) in [5.41, 5.74) is 2.22. The highest BCUT2D eigenvalue weighted by Gasteiger charge is 2.23. The fourth-order valence-electron chi connectivity index (χ4n) is 2.35. The zero-order valence-electron chi connectivity index (χ0n) is 14.4. The van der Waals surface area contributed by atoms with Crippen LogP contribution in [0.1, 0.15) is 30.4 Å². The molecule has 1 aliphatic rings. The maximum absolute atomic E-state index is 11.6. The third-order valence-corrected chi connectivity index (χ3v) is 4.28. The van der Waals surface area contributed by atoms with E-state index in [2.05, 4.69) is 0 Å². The van der Waals surface area contributed by atoms with E-state index >= 15 is 0 Å². The second-order valence-electron chi connectivity index (χ2n) is 5.85. The average Bonchev–Trinajstić information content (AvgIpc) is 2.69. The van der Waals surface area contributed by atoms with E-state index in [0.717, 1.165) is 41.8 Å². The molecule has 3 rings (SSSR count). The molecule has 1 N–H and O–H groups in total. The summed E-state index contributed by atoms with van der Waals surface area (Å²) in [5.74, 6) is -0.233. The fraction of sp³-hybridized carbons (Fsp3) is 0.350. The summed E-state index contributed by atoms with van der Waals surface area (Å²) in [4.78, 5) is 12.5. The van der Waals surface area contributed by atoms with E-state index < -0.39 is 0 Å². The Labute approximate surface area is 153 Å². The first kappa shape index (κ1) is 19.5. The Kier molecular flexibility index (Phi) is 8.52. The zero-order chi connectivity index (χ0) is 17.9. The van der Waals surface area contributed by atoms with E-state index in [1.165, 1.54) is 5.56 Å². The molecule has 5 heteroatoms. The van der Waals surface area contributed by atoms with Crippen LogP contribution in [0.15, 0.2) is 59.5 Å². The van der Waals surface area contributed by atoms with Gasteiger partial charge < -0.3 is 14.0 Å².